The summed E-state index contributed by atoms with van der Waals surface area (Å²) in [6.45, 7) is 0.527. The minimum absolute atomic E-state index is 0.00753. The summed E-state index contributed by atoms with van der Waals surface area (Å²) < 4.78 is 5.43. The highest BCUT2D eigenvalue weighted by Gasteiger charge is 2.51. The third-order valence-corrected chi connectivity index (χ3v) is 7.38. The van der Waals surface area contributed by atoms with Crippen LogP contribution in [-0.2, 0) is 44.8 Å². The zero-order valence-electron chi connectivity index (χ0n) is 20.4. The van der Waals surface area contributed by atoms with Gasteiger partial charge >= 0.3 is 0 Å². The summed E-state index contributed by atoms with van der Waals surface area (Å²) in [5, 5.41) is 8.94. The SMILES string of the molecule is NCCCC[C@H](NC(=O)[C@H]1O[C@@H]1C(=O)NC1Cc2ccccc2C1)C(=O)NC1Cc2ccccc2C1. The molecule has 0 radical (unpaired) electrons. The number of fused-ring (bicyclic) bond motifs is 2. The Kier molecular flexibility index (Phi) is 7.34. The van der Waals surface area contributed by atoms with E-state index >= 15 is 0 Å². The Bertz CT molecular complexity index is 1090. The molecule has 0 spiro atoms. The molecule has 3 atom stereocenters. The maximum absolute atomic E-state index is 13.1. The van der Waals surface area contributed by atoms with Gasteiger partial charge in [0.2, 0.25) is 5.91 Å². The number of hydrogen-bond donors (Lipinski definition) is 4. The average Bonchev–Trinajstić information content (AvgIpc) is 3.42. The minimum Gasteiger partial charge on any atom is -0.351 e. The third kappa shape index (κ3) is 5.60. The molecular weight excluding hydrogens is 456 g/mol. The Morgan fingerprint density at radius 2 is 1.28 bits per heavy atom. The molecule has 2 aromatic carbocycles. The molecule has 3 aliphatic rings. The normalized spacial score (nSPS) is 21.4. The molecule has 1 fully saturated rings. The smallest absolute Gasteiger partial charge is 0.253 e. The number of carbonyl (C=O) groups excluding carboxylic acids is 3. The van der Waals surface area contributed by atoms with Crippen molar-refractivity contribution >= 4 is 17.7 Å². The number of unbranched alkanes of at least 4 members (excludes halogenated alkanes) is 1. The average molecular weight is 491 g/mol. The number of nitrogens with two attached hydrogens (primary N) is 1. The predicted octanol–water partition coefficient (Wildman–Crippen LogP) is 0.935. The lowest BCUT2D eigenvalue weighted by atomic mass is 10.1. The standard InChI is InChI=1S/C28H34N4O4/c29-12-6-5-11-23(26(33)30-21-13-17-7-1-2-8-18(17)14-21)32-28(35)25-24(36-25)27(34)31-22-15-19-9-3-4-10-20(19)16-22/h1-4,7-10,21-25H,5-6,11-16,29H2,(H,30,33)(H,31,34)(H,32,35)/t23-,24-,25-/m0/s1. The van der Waals surface area contributed by atoms with Crippen molar-refractivity contribution in [3.8, 4) is 0 Å². The molecule has 0 aromatic heterocycles. The van der Waals surface area contributed by atoms with E-state index in [4.69, 9.17) is 10.5 Å². The lowest BCUT2D eigenvalue weighted by molar-refractivity contribution is -0.130. The summed E-state index contributed by atoms with van der Waals surface area (Å²) >= 11 is 0. The van der Waals surface area contributed by atoms with E-state index in [-0.39, 0.29) is 23.9 Å². The molecule has 0 bridgehead atoms. The van der Waals surface area contributed by atoms with Crippen LogP contribution in [0.5, 0.6) is 0 Å². The number of epoxide rings is 1. The van der Waals surface area contributed by atoms with Crippen LogP contribution >= 0.6 is 0 Å². The fourth-order valence-electron chi connectivity index (χ4n) is 5.43. The van der Waals surface area contributed by atoms with Crippen LogP contribution < -0.4 is 21.7 Å². The Hall–Kier alpha value is -3.23. The van der Waals surface area contributed by atoms with E-state index in [0.717, 1.165) is 38.5 Å². The Balaban J connectivity index is 1.12. The van der Waals surface area contributed by atoms with Crippen LogP contribution in [0.4, 0.5) is 0 Å². The molecule has 8 nitrogen and oxygen atoms in total. The Labute approximate surface area is 211 Å². The molecule has 0 saturated carbocycles. The summed E-state index contributed by atoms with van der Waals surface area (Å²) in [4.78, 5) is 38.7. The van der Waals surface area contributed by atoms with Crippen molar-refractivity contribution in [2.45, 2.75) is 75.3 Å². The zero-order valence-corrected chi connectivity index (χ0v) is 20.4. The molecule has 2 aromatic rings. The molecule has 5 N–H and O–H groups in total. The van der Waals surface area contributed by atoms with E-state index in [0.29, 0.717) is 13.0 Å². The number of hydrogen-bond acceptors (Lipinski definition) is 5. The van der Waals surface area contributed by atoms with E-state index in [2.05, 4.69) is 40.2 Å². The number of carbonyl (C=O) groups is 3. The third-order valence-electron chi connectivity index (χ3n) is 7.38. The molecule has 190 valence electrons. The van der Waals surface area contributed by atoms with E-state index < -0.39 is 24.2 Å². The van der Waals surface area contributed by atoms with Crippen LogP contribution in [0.3, 0.4) is 0 Å². The lowest BCUT2D eigenvalue weighted by Gasteiger charge is -2.21. The Morgan fingerprint density at radius 3 is 1.81 bits per heavy atom. The highest BCUT2D eigenvalue weighted by atomic mass is 16.6. The highest BCUT2D eigenvalue weighted by molar-refractivity contribution is 5.97. The number of amides is 3. The quantitative estimate of drug-likeness (QED) is 0.291. The summed E-state index contributed by atoms with van der Waals surface area (Å²) in [5.74, 6) is -0.906. The van der Waals surface area contributed by atoms with Gasteiger partial charge in [-0.2, -0.15) is 0 Å². The molecule has 0 unspecified atom stereocenters. The van der Waals surface area contributed by atoms with Gasteiger partial charge in [0.05, 0.1) is 0 Å². The number of rotatable bonds is 10. The van der Waals surface area contributed by atoms with E-state index in [9.17, 15) is 14.4 Å². The van der Waals surface area contributed by atoms with Crippen molar-refractivity contribution in [3.63, 3.8) is 0 Å². The maximum atomic E-state index is 13.1. The maximum Gasteiger partial charge on any atom is 0.253 e. The van der Waals surface area contributed by atoms with Gasteiger partial charge in [0.1, 0.15) is 6.04 Å². The lowest BCUT2D eigenvalue weighted by Crippen LogP contribution is -2.51. The largest absolute Gasteiger partial charge is 0.351 e. The Morgan fingerprint density at radius 1 is 0.778 bits per heavy atom. The van der Waals surface area contributed by atoms with Gasteiger partial charge in [0.25, 0.3) is 11.8 Å². The number of nitrogens with one attached hydrogen (secondary N) is 3. The second-order valence-electron chi connectivity index (χ2n) is 10.1. The molecule has 8 heteroatoms. The second-order valence-corrected chi connectivity index (χ2v) is 10.1. The summed E-state index contributed by atoms with van der Waals surface area (Å²) in [5.41, 5.74) is 10.6. The molecule has 1 saturated heterocycles. The highest BCUT2D eigenvalue weighted by Crippen LogP contribution is 2.26. The van der Waals surface area contributed by atoms with Crippen molar-refractivity contribution in [1.82, 2.24) is 16.0 Å². The van der Waals surface area contributed by atoms with Crippen LogP contribution in [0, 0.1) is 0 Å². The molecule has 5 rings (SSSR count). The van der Waals surface area contributed by atoms with Crippen molar-refractivity contribution in [1.29, 1.82) is 0 Å². The summed E-state index contributed by atoms with van der Waals surface area (Å²) in [6, 6.07) is 15.7. The van der Waals surface area contributed by atoms with Gasteiger partial charge in [-0.05, 0) is 73.7 Å². The van der Waals surface area contributed by atoms with Crippen LogP contribution in [0.15, 0.2) is 48.5 Å². The van der Waals surface area contributed by atoms with Gasteiger partial charge in [0.15, 0.2) is 12.2 Å². The van der Waals surface area contributed by atoms with Crippen LogP contribution in [0.1, 0.15) is 41.5 Å². The number of ether oxygens (including phenoxy) is 1. The van der Waals surface area contributed by atoms with E-state index in [1.807, 2.05) is 24.3 Å². The first kappa shape index (κ1) is 24.5. The molecule has 1 aliphatic heterocycles. The predicted molar refractivity (Wildman–Crippen MR) is 135 cm³/mol. The van der Waals surface area contributed by atoms with Crippen molar-refractivity contribution in [2.24, 2.45) is 5.73 Å². The van der Waals surface area contributed by atoms with Gasteiger partial charge < -0.3 is 26.4 Å². The molecular formula is C28H34N4O4. The summed E-state index contributed by atoms with van der Waals surface area (Å²) in [7, 11) is 0. The monoisotopic (exact) mass is 490 g/mol. The fourth-order valence-corrected chi connectivity index (χ4v) is 5.43. The van der Waals surface area contributed by atoms with Gasteiger partial charge in [-0.1, -0.05) is 48.5 Å². The zero-order chi connectivity index (χ0) is 25.1. The van der Waals surface area contributed by atoms with Crippen molar-refractivity contribution in [2.75, 3.05) is 6.54 Å². The van der Waals surface area contributed by atoms with Crippen LogP contribution in [-0.4, -0.2) is 54.6 Å². The van der Waals surface area contributed by atoms with Gasteiger partial charge in [-0.25, -0.2) is 0 Å². The van der Waals surface area contributed by atoms with E-state index in [1.165, 1.54) is 22.3 Å². The fraction of sp³-hybridized carbons (Fsp3) is 0.464. The summed E-state index contributed by atoms with van der Waals surface area (Å²) in [6.07, 6.45) is 3.41. The van der Waals surface area contributed by atoms with Gasteiger partial charge in [-0.3, -0.25) is 14.4 Å². The van der Waals surface area contributed by atoms with Crippen LogP contribution in [0.2, 0.25) is 0 Å². The molecule has 3 amide bonds. The molecule has 2 aliphatic carbocycles. The second kappa shape index (κ2) is 10.8. The number of benzene rings is 2. The van der Waals surface area contributed by atoms with Crippen LogP contribution in [0.25, 0.3) is 0 Å². The van der Waals surface area contributed by atoms with Crippen molar-refractivity contribution in [3.05, 3.63) is 70.8 Å². The first-order valence-electron chi connectivity index (χ1n) is 12.9. The first-order valence-corrected chi connectivity index (χ1v) is 12.9. The van der Waals surface area contributed by atoms with Gasteiger partial charge in [-0.15, -0.1) is 0 Å². The topological polar surface area (TPSA) is 126 Å². The van der Waals surface area contributed by atoms with E-state index in [1.54, 1.807) is 0 Å². The molecule has 36 heavy (non-hydrogen) atoms. The van der Waals surface area contributed by atoms with Gasteiger partial charge in [0, 0.05) is 12.1 Å². The molecule has 1 heterocycles. The van der Waals surface area contributed by atoms with Crippen molar-refractivity contribution < 1.29 is 19.1 Å². The minimum atomic E-state index is -0.866. The first-order chi connectivity index (χ1) is 17.5.